The highest BCUT2D eigenvalue weighted by molar-refractivity contribution is 6.05. The second-order valence-electron chi connectivity index (χ2n) is 5.61. The molecule has 4 nitrogen and oxygen atoms in total. The average Bonchev–Trinajstić information content (AvgIpc) is 3.00. The molecule has 1 fully saturated rings. The van der Waals surface area contributed by atoms with Crippen LogP contribution in [0.15, 0.2) is 24.3 Å². The van der Waals surface area contributed by atoms with E-state index in [2.05, 4.69) is 10.1 Å². The molecule has 1 aromatic carbocycles. The van der Waals surface area contributed by atoms with Crippen molar-refractivity contribution in [2.75, 3.05) is 12.4 Å². The number of hydrogen-bond acceptors (Lipinski definition) is 3. The zero-order valence-electron chi connectivity index (χ0n) is 12.7. The number of hydrogen-bond donors (Lipinski definition) is 1. The van der Waals surface area contributed by atoms with E-state index < -0.39 is 29.5 Å². The van der Waals surface area contributed by atoms with Crippen molar-refractivity contribution in [1.29, 1.82) is 0 Å². The first-order valence-corrected chi connectivity index (χ1v) is 7.39. The first-order chi connectivity index (χ1) is 10.8. The van der Waals surface area contributed by atoms with Crippen molar-refractivity contribution in [3.8, 4) is 0 Å². The summed E-state index contributed by atoms with van der Waals surface area (Å²) in [4.78, 5) is 24.3. The maximum atomic E-state index is 12.7. The minimum atomic E-state index is -4.49. The van der Waals surface area contributed by atoms with E-state index in [1.807, 2.05) is 0 Å². The molecular formula is C16H18F3NO3. The Balaban J connectivity index is 2.16. The van der Waals surface area contributed by atoms with Gasteiger partial charge in [0.05, 0.1) is 12.7 Å². The summed E-state index contributed by atoms with van der Waals surface area (Å²) in [6, 6.07) is 4.34. The van der Waals surface area contributed by atoms with Crippen LogP contribution in [0.25, 0.3) is 0 Å². The Labute approximate surface area is 132 Å². The number of nitrogens with one attached hydrogen (secondary N) is 1. The summed E-state index contributed by atoms with van der Waals surface area (Å²) in [6.07, 6.45) is -1.18. The zero-order valence-corrected chi connectivity index (χ0v) is 12.7. The molecule has 7 heteroatoms. The van der Waals surface area contributed by atoms with E-state index in [0.717, 1.165) is 37.8 Å². The standard InChI is InChI=1S/C16H18F3NO3/c1-23-15(22)13(10-5-2-3-6-10)14(21)20-12-8-4-7-11(9-12)16(17,18)19/h4,7-10,13H,2-3,5-6H2,1H3,(H,20,21)/t13-/m1/s1. The minimum absolute atomic E-state index is 0.0109. The van der Waals surface area contributed by atoms with Gasteiger partial charge in [-0.1, -0.05) is 18.9 Å². The van der Waals surface area contributed by atoms with Gasteiger partial charge in [0.25, 0.3) is 0 Å². The highest BCUT2D eigenvalue weighted by Gasteiger charge is 2.37. The molecule has 0 aromatic heterocycles. The Morgan fingerprint density at radius 3 is 2.48 bits per heavy atom. The number of ether oxygens (including phenoxy) is 1. The van der Waals surface area contributed by atoms with Gasteiger partial charge in [-0.25, -0.2) is 0 Å². The Kier molecular flexibility index (Phi) is 5.28. The lowest BCUT2D eigenvalue weighted by molar-refractivity contribution is -0.151. The second-order valence-corrected chi connectivity index (χ2v) is 5.61. The number of anilines is 1. The van der Waals surface area contributed by atoms with E-state index in [1.165, 1.54) is 19.2 Å². The van der Waals surface area contributed by atoms with Crippen LogP contribution in [0.1, 0.15) is 31.2 Å². The molecule has 0 heterocycles. The highest BCUT2D eigenvalue weighted by atomic mass is 19.4. The number of carbonyl (C=O) groups excluding carboxylic acids is 2. The van der Waals surface area contributed by atoms with Crippen LogP contribution in [0, 0.1) is 11.8 Å². The lowest BCUT2D eigenvalue weighted by Gasteiger charge is -2.20. The molecule has 0 aliphatic heterocycles. The number of alkyl halides is 3. The van der Waals surface area contributed by atoms with Gasteiger partial charge < -0.3 is 10.1 Å². The van der Waals surface area contributed by atoms with Crippen LogP contribution < -0.4 is 5.32 Å². The maximum Gasteiger partial charge on any atom is 0.416 e. The largest absolute Gasteiger partial charge is 0.468 e. The van der Waals surface area contributed by atoms with Gasteiger partial charge in [-0.05, 0) is 37.0 Å². The molecule has 23 heavy (non-hydrogen) atoms. The average molecular weight is 329 g/mol. The van der Waals surface area contributed by atoms with Crippen molar-refractivity contribution >= 4 is 17.6 Å². The molecule has 1 N–H and O–H groups in total. The van der Waals surface area contributed by atoms with Crippen LogP contribution in [0.3, 0.4) is 0 Å². The van der Waals surface area contributed by atoms with Gasteiger partial charge in [-0.2, -0.15) is 13.2 Å². The molecule has 1 amide bonds. The molecule has 1 saturated carbocycles. The topological polar surface area (TPSA) is 55.4 Å². The summed E-state index contributed by atoms with van der Waals surface area (Å²) in [5.41, 5.74) is -0.845. The first kappa shape index (κ1) is 17.3. The molecule has 0 saturated heterocycles. The third-order valence-corrected chi connectivity index (χ3v) is 4.07. The van der Waals surface area contributed by atoms with Gasteiger partial charge in [0.15, 0.2) is 0 Å². The molecule has 0 unspecified atom stereocenters. The summed E-state index contributed by atoms with van der Waals surface area (Å²) >= 11 is 0. The van der Waals surface area contributed by atoms with Gasteiger partial charge >= 0.3 is 12.1 Å². The molecule has 0 radical (unpaired) electrons. The summed E-state index contributed by atoms with van der Waals surface area (Å²) in [6.45, 7) is 0. The number of rotatable bonds is 4. The van der Waals surface area contributed by atoms with Crippen molar-refractivity contribution in [3.05, 3.63) is 29.8 Å². The second kappa shape index (κ2) is 7.02. The van der Waals surface area contributed by atoms with Gasteiger partial charge in [0, 0.05) is 5.69 Å². The van der Waals surface area contributed by atoms with E-state index in [0.29, 0.717) is 0 Å². The van der Waals surface area contributed by atoms with Crippen LogP contribution in [-0.4, -0.2) is 19.0 Å². The van der Waals surface area contributed by atoms with Crippen molar-refractivity contribution in [2.24, 2.45) is 11.8 Å². The fourth-order valence-electron chi connectivity index (χ4n) is 2.92. The van der Waals surface area contributed by atoms with Gasteiger partial charge in [-0.3, -0.25) is 9.59 Å². The number of esters is 1. The molecule has 2 rings (SSSR count). The predicted octanol–water partition coefficient (Wildman–Crippen LogP) is 3.62. The molecule has 1 aromatic rings. The molecule has 1 aliphatic carbocycles. The normalized spacial score (nSPS) is 16.9. The van der Waals surface area contributed by atoms with Crippen molar-refractivity contribution in [3.63, 3.8) is 0 Å². The van der Waals surface area contributed by atoms with Crippen LogP contribution in [0.4, 0.5) is 18.9 Å². The van der Waals surface area contributed by atoms with E-state index in [4.69, 9.17) is 0 Å². The van der Waals surface area contributed by atoms with Gasteiger partial charge in [0.2, 0.25) is 5.91 Å². The fourth-order valence-corrected chi connectivity index (χ4v) is 2.92. The van der Waals surface area contributed by atoms with Crippen LogP contribution in [0.5, 0.6) is 0 Å². The summed E-state index contributed by atoms with van der Waals surface area (Å²) < 4.78 is 42.8. The summed E-state index contributed by atoms with van der Waals surface area (Å²) in [5, 5.41) is 2.41. The smallest absolute Gasteiger partial charge is 0.416 e. The molecule has 0 bridgehead atoms. The highest BCUT2D eigenvalue weighted by Crippen LogP contribution is 2.34. The van der Waals surface area contributed by atoms with E-state index in [-0.39, 0.29) is 11.6 Å². The van der Waals surface area contributed by atoms with Crippen molar-refractivity contribution < 1.29 is 27.5 Å². The van der Waals surface area contributed by atoms with E-state index in [9.17, 15) is 22.8 Å². The molecule has 1 atom stereocenters. The first-order valence-electron chi connectivity index (χ1n) is 7.39. The quantitative estimate of drug-likeness (QED) is 0.678. The Bertz CT molecular complexity index is 580. The third-order valence-electron chi connectivity index (χ3n) is 4.07. The molecule has 126 valence electrons. The van der Waals surface area contributed by atoms with Crippen LogP contribution >= 0.6 is 0 Å². The number of benzene rings is 1. The Hall–Kier alpha value is -2.05. The summed E-state index contributed by atoms with van der Waals surface area (Å²) in [5.74, 6) is -2.39. The molecule has 1 aliphatic rings. The van der Waals surface area contributed by atoms with Crippen molar-refractivity contribution in [2.45, 2.75) is 31.9 Å². The fraction of sp³-hybridized carbons (Fsp3) is 0.500. The number of methoxy groups -OCH3 is 1. The lowest BCUT2D eigenvalue weighted by atomic mass is 9.90. The third kappa shape index (κ3) is 4.24. The number of carbonyl (C=O) groups is 2. The molecule has 0 spiro atoms. The van der Waals surface area contributed by atoms with Gasteiger partial charge in [0.1, 0.15) is 5.92 Å². The van der Waals surface area contributed by atoms with Crippen LogP contribution in [0.2, 0.25) is 0 Å². The number of halogens is 3. The number of amides is 1. The van der Waals surface area contributed by atoms with E-state index in [1.54, 1.807) is 0 Å². The summed E-state index contributed by atoms with van der Waals surface area (Å²) in [7, 11) is 1.20. The zero-order chi connectivity index (χ0) is 17.0. The predicted molar refractivity (Wildman–Crippen MR) is 77.5 cm³/mol. The molecular weight excluding hydrogens is 311 g/mol. The van der Waals surface area contributed by atoms with Crippen LogP contribution in [-0.2, 0) is 20.5 Å². The Morgan fingerprint density at radius 1 is 1.26 bits per heavy atom. The van der Waals surface area contributed by atoms with E-state index >= 15 is 0 Å². The maximum absolute atomic E-state index is 12.7. The Morgan fingerprint density at radius 2 is 1.91 bits per heavy atom. The minimum Gasteiger partial charge on any atom is -0.468 e. The van der Waals surface area contributed by atoms with Crippen molar-refractivity contribution in [1.82, 2.24) is 0 Å². The monoisotopic (exact) mass is 329 g/mol. The SMILES string of the molecule is COC(=O)[C@@H](C(=O)Nc1cccc(C(F)(F)F)c1)C1CCCC1. The van der Waals surface area contributed by atoms with Gasteiger partial charge in [-0.15, -0.1) is 0 Å². The lowest BCUT2D eigenvalue weighted by Crippen LogP contribution is -2.35.